The molecule has 0 saturated carbocycles. The molecular formula is C19H27BClNO3. The Morgan fingerprint density at radius 3 is 2.44 bits per heavy atom. The minimum atomic E-state index is -0.517. The molecule has 1 aromatic carbocycles. The quantitative estimate of drug-likeness (QED) is 0.755. The standard InChI is InChI=1S/C19H27BClNO3/c1-13-7-6-10-22(12-13)17(23)14-8-9-15(16(21)11-14)20-24-18(2,3)19(4,5)25-20/h8-9,11,13H,6-7,10,12H2,1-5H3. The molecule has 0 N–H and O–H groups in total. The molecule has 2 aliphatic rings. The molecule has 1 amide bonds. The SMILES string of the molecule is CC1CCCN(C(=O)c2ccc(B3OC(C)(C)C(C)(C)O3)c(Cl)c2)C1. The summed E-state index contributed by atoms with van der Waals surface area (Å²) in [6.07, 6.45) is 2.25. The van der Waals surface area contributed by atoms with Gasteiger partial charge in [-0.1, -0.05) is 24.6 Å². The van der Waals surface area contributed by atoms with Gasteiger partial charge in [-0.25, -0.2) is 0 Å². The number of rotatable bonds is 2. The topological polar surface area (TPSA) is 38.8 Å². The summed E-state index contributed by atoms with van der Waals surface area (Å²) >= 11 is 6.48. The molecule has 4 nitrogen and oxygen atoms in total. The van der Waals surface area contributed by atoms with Crippen molar-refractivity contribution in [3.63, 3.8) is 0 Å². The van der Waals surface area contributed by atoms with E-state index in [1.54, 1.807) is 6.07 Å². The molecule has 25 heavy (non-hydrogen) atoms. The molecule has 0 radical (unpaired) electrons. The Labute approximate surface area is 156 Å². The number of hydrogen-bond donors (Lipinski definition) is 0. The summed E-state index contributed by atoms with van der Waals surface area (Å²) in [5, 5.41) is 0.509. The highest BCUT2D eigenvalue weighted by Gasteiger charge is 2.52. The Bertz CT molecular complexity index is 661. The van der Waals surface area contributed by atoms with Crippen molar-refractivity contribution in [2.75, 3.05) is 13.1 Å². The van der Waals surface area contributed by atoms with Gasteiger partial charge < -0.3 is 14.2 Å². The van der Waals surface area contributed by atoms with Gasteiger partial charge in [0.1, 0.15) is 0 Å². The lowest BCUT2D eigenvalue weighted by atomic mass is 9.78. The zero-order chi connectivity index (χ0) is 18.4. The summed E-state index contributed by atoms with van der Waals surface area (Å²) in [7, 11) is -0.517. The number of nitrogens with zero attached hydrogens (tertiary/aromatic N) is 1. The van der Waals surface area contributed by atoms with E-state index in [1.807, 2.05) is 44.7 Å². The van der Waals surface area contributed by atoms with E-state index in [1.165, 1.54) is 6.42 Å². The number of carbonyl (C=O) groups is 1. The maximum absolute atomic E-state index is 12.7. The normalized spacial score (nSPS) is 25.3. The molecule has 0 aromatic heterocycles. The molecule has 2 fully saturated rings. The fourth-order valence-electron chi connectivity index (χ4n) is 3.38. The van der Waals surface area contributed by atoms with Crippen LogP contribution in [0.4, 0.5) is 0 Å². The van der Waals surface area contributed by atoms with E-state index in [-0.39, 0.29) is 5.91 Å². The van der Waals surface area contributed by atoms with E-state index in [2.05, 4.69) is 6.92 Å². The minimum absolute atomic E-state index is 0.0499. The Hall–Kier alpha value is -1.04. The first-order chi connectivity index (χ1) is 11.6. The van der Waals surface area contributed by atoms with Crippen LogP contribution in [-0.2, 0) is 9.31 Å². The molecule has 0 bridgehead atoms. The lowest BCUT2D eigenvalue weighted by molar-refractivity contribution is 0.00578. The summed E-state index contributed by atoms with van der Waals surface area (Å²) in [5.41, 5.74) is 0.557. The summed E-state index contributed by atoms with van der Waals surface area (Å²) in [5.74, 6) is 0.603. The van der Waals surface area contributed by atoms with Crippen molar-refractivity contribution < 1.29 is 14.1 Å². The van der Waals surface area contributed by atoms with Gasteiger partial charge in [-0.3, -0.25) is 4.79 Å². The highest BCUT2D eigenvalue weighted by atomic mass is 35.5. The van der Waals surface area contributed by atoms with Crippen LogP contribution in [0.3, 0.4) is 0 Å². The number of carbonyl (C=O) groups excluding carboxylic acids is 1. The highest BCUT2D eigenvalue weighted by molar-refractivity contribution is 6.65. The number of piperidine rings is 1. The molecule has 0 spiro atoms. The van der Waals surface area contributed by atoms with Gasteiger partial charge in [-0.05, 0) is 58.6 Å². The molecule has 2 heterocycles. The fourth-order valence-corrected chi connectivity index (χ4v) is 3.65. The summed E-state index contributed by atoms with van der Waals surface area (Å²) in [6, 6.07) is 5.42. The van der Waals surface area contributed by atoms with Crippen LogP contribution in [0.2, 0.25) is 5.02 Å². The first-order valence-corrected chi connectivity index (χ1v) is 9.43. The summed E-state index contributed by atoms with van der Waals surface area (Å²) in [6.45, 7) is 11.9. The summed E-state index contributed by atoms with van der Waals surface area (Å²) < 4.78 is 12.1. The summed E-state index contributed by atoms with van der Waals surface area (Å²) in [4.78, 5) is 14.7. The number of hydrogen-bond acceptors (Lipinski definition) is 3. The molecule has 2 aliphatic heterocycles. The predicted molar refractivity (Wildman–Crippen MR) is 101 cm³/mol. The molecular weight excluding hydrogens is 336 g/mol. The number of halogens is 1. The third-order valence-corrected chi connectivity index (χ3v) is 6.03. The highest BCUT2D eigenvalue weighted by Crippen LogP contribution is 2.37. The van der Waals surface area contributed by atoms with Gasteiger partial charge in [0, 0.05) is 29.1 Å². The van der Waals surface area contributed by atoms with Crippen molar-refractivity contribution in [1.82, 2.24) is 4.90 Å². The maximum atomic E-state index is 12.7. The van der Waals surface area contributed by atoms with Crippen LogP contribution < -0.4 is 5.46 Å². The van der Waals surface area contributed by atoms with Gasteiger partial charge in [0.2, 0.25) is 0 Å². The average Bonchev–Trinajstić information content (AvgIpc) is 2.74. The van der Waals surface area contributed by atoms with E-state index < -0.39 is 18.3 Å². The lowest BCUT2D eigenvalue weighted by Crippen LogP contribution is -2.41. The Balaban J connectivity index is 1.79. The zero-order valence-corrected chi connectivity index (χ0v) is 16.5. The number of amides is 1. The number of likely N-dealkylation sites (tertiary alicyclic amines) is 1. The van der Waals surface area contributed by atoms with E-state index >= 15 is 0 Å². The fraction of sp³-hybridized carbons (Fsp3) is 0.632. The third kappa shape index (κ3) is 3.60. The zero-order valence-electron chi connectivity index (χ0n) is 15.8. The van der Waals surface area contributed by atoms with Crippen LogP contribution in [0.5, 0.6) is 0 Å². The third-order valence-electron chi connectivity index (χ3n) is 5.70. The predicted octanol–water partition coefficient (Wildman–Crippen LogP) is 3.51. The second kappa shape index (κ2) is 6.60. The first-order valence-electron chi connectivity index (χ1n) is 9.05. The van der Waals surface area contributed by atoms with Crippen molar-refractivity contribution in [3.8, 4) is 0 Å². The molecule has 3 rings (SSSR count). The smallest absolute Gasteiger partial charge is 0.399 e. The van der Waals surface area contributed by atoms with Gasteiger partial charge >= 0.3 is 7.12 Å². The van der Waals surface area contributed by atoms with E-state index in [0.29, 0.717) is 16.5 Å². The Morgan fingerprint density at radius 1 is 1.24 bits per heavy atom. The molecule has 1 aromatic rings. The monoisotopic (exact) mass is 363 g/mol. The van der Waals surface area contributed by atoms with Crippen molar-refractivity contribution >= 4 is 30.1 Å². The van der Waals surface area contributed by atoms with E-state index in [4.69, 9.17) is 20.9 Å². The maximum Gasteiger partial charge on any atom is 0.496 e. The van der Waals surface area contributed by atoms with Crippen LogP contribution in [-0.4, -0.2) is 42.2 Å². The van der Waals surface area contributed by atoms with Crippen molar-refractivity contribution in [1.29, 1.82) is 0 Å². The van der Waals surface area contributed by atoms with E-state index in [9.17, 15) is 4.79 Å². The second-order valence-electron chi connectivity index (χ2n) is 8.32. The lowest BCUT2D eigenvalue weighted by Gasteiger charge is -2.32. The van der Waals surface area contributed by atoms with Gasteiger partial charge in [0.25, 0.3) is 5.91 Å². The molecule has 1 unspecified atom stereocenters. The first kappa shape index (κ1) is 18.7. The Morgan fingerprint density at radius 2 is 1.88 bits per heavy atom. The largest absolute Gasteiger partial charge is 0.496 e. The minimum Gasteiger partial charge on any atom is -0.399 e. The van der Waals surface area contributed by atoms with E-state index in [0.717, 1.165) is 25.0 Å². The van der Waals surface area contributed by atoms with Crippen LogP contribution in [0.1, 0.15) is 57.8 Å². The van der Waals surface area contributed by atoms with Crippen LogP contribution in [0.15, 0.2) is 18.2 Å². The van der Waals surface area contributed by atoms with Gasteiger partial charge in [0.05, 0.1) is 11.2 Å². The van der Waals surface area contributed by atoms with Gasteiger partial charge in [-0.2, -0.15) is 0 Å². The van der Waals surface area contributed by atoms with Crippen LogP contribution >= 0.6 is 11.6 Å². The average molecular weight is 364 g/mol. The van der Waals surface area contributed by atoms with Crippen molar-refractivity contribution in [3.05, 3.63) is 28.8 Å². The van der Waals surface area contributed by atoms with Crippen LogP contribution in [0, 0.1) is 5.92 Å². The molecule has 0 aliphatic carbocycles. The van der Waals surface area contributed by atoms with Crippen LogP contribution in [0.25, 0.3) is 0 Å². The molecule has 6 heteroatoms. The molecule has 136 valence electrons. The van der Waals surface area contributed by atoms with Gasteiger partial charge in [-0.15, -0.1) is 0 Å². The number of benzene rings is 1. The second-order valence-corrected chi connectivity index (χ2v) is 8.73. The molecule has 1 atom stereocenters. The van der Waals surface area contributed by atoms with Crippen molar-refractivity contribution in [2.45, 2.75) is 58.7 Å². The van der Waals surface area contributed by atoms with Gasteiger partial charge in [0.15, 0.2) is 0 Å². The Kier molecular flexibility index (Phi) is 4.95. The van der Waals surface area contributed by atoms with Crippen molar-refractivity contribution in [2.24, 2.45) is 5.92 Å². The molecule has 2 saturated heterocycles.